The Bertz CT molecular complexity index is 393. The van der Waals surface area contributed by atoms with Crippen LogP contribution >= 0.6 is 11.3 Å². The smallest absolute Gasteiger partial charge is 0.310 e. The summed E-state index contributed by atoms with van der Waals surface area (Å²) in [5.41, 5.74) is 0. The third-order valence-corrected chi connectivity index (χ3v) is 4.61. The van der Waals surface area contributed by atoms with Gasteiger partial charge in [-0.3, -0.25) is 9.69 Å². The number of hydrogen-bond donors (Lipinski definition) is 1. The van der Waals surface area contributed by atoms with Crippen LogP contribution in [0.1, 0.15) is 24.3 Å². The van der Waals surface area contributed by atoms with E-state index in [-0.39, 0.29) is 12.1 Å². The highest BCUT2D eigenvalue weighted by atomic mass is 32.1. The van der Waals surface area contributed by atoms with Crippen LogP contribution in [0.25, 0.3) is 0 Å². The number of carbonyl (C=O) groups is 1. The lowest BCUT2D eigenvalue weighted by Crippen LogP contribution is -2.42. The molecule has 18 heavy (non-hydrogen) atoms. The summed E-state index contributed by atoms with van der Waals surface area (Å²) in [5, 5.41) is 11.3. The van der Waals surface area contributed by atoms with Gasteiger partial charge in [-0.2, -0.15) is 0 Å². The fourth-order valence-electron chi connectivity index (χ4n) is 2.58. The number of aliphatic carboxylic acids is 1. The van der Waals surface area contributed by atoms with E-state index < -0.39 is 11.9 Å². The average Bonchev–Trinajstić information content (AvgIpc) is 3.00. The van der Waals surface area contributed by atoms with Crippen LogP contribution in [0, 0.1) is 5.92 Å². The van der Waals surface area contributed by atoms with Gasteiger partial charge in [0.25, 0.3) is 0 Å². The highest BCUT2D eigenvalue weighted by Gasteiger charge is 2.38. The average molecular weight is 269 g/mol. The van der Waals surface area contributed by atoms with Crippen LogP contribution in [0.2, 0.25) is 0 Å². The van der Waals surface area contributed by atoms with Crippen molar-refractivity contribution in [3.8, 4) is 0 Å². The first-order chi connectivity index (χ1) is 8.65. The molecule has 1 aromatic rings. The topological polar surface area (TPSA) is 49.8 Å². The molecule has 4 nitrogen and oxygen atoms in total. The molecular formula is C13H19NO3S. The molecule has 0 aromatic carbocycles. The summed E-state index contributed by atoms with van der Waals surface area (Å²) in [5.74, 6) is -1.17. The molecule has 1 aliphatic rings. The van der Waals surface area contributed by atoms with Crippen molar-refractivity contribution in [3.63, 3.8) is 0 Å². The fraction of sp³-hybridized carbons (Fsp3) is 0.615. The van der Waals surface area contributed by atoms with E-state index in [1.807, 2.05) is 13.1 Å². The number of carboxylic acids is 1. The first-order valence-electron chi connectivity index (χ1n) is 6.21. The first kappa shape index (κ1) is 13.5. The monoisotopic (exact) mass is 269 g/mol. The summed E-state index contributed by atoms with van der Waals surface area (Å²) in [6.07, 6.45) is 0.972. The van der Waals surface area contributed by atoms with Crippen LogP contribution in [-0.4, -0.2) is 42.3 Å². The van der Waals surface area contributed by atoms with Gasteiger partial charge >= 0.3 is 5.97 Å². The van der Waals surface area contributed by atoms with E-state index in [0.29, 0.717) is 13.2 Å². The Hall–Kier alpha value is -0.910. The number of likely N-dealkylation sites (N-methyl/N-ethyl adjacent to an activating group) is 1. The minimum absolute atomic E-state index is 0.0328. The van der Waals surface area contributed by atoms with Gasteiger partial charge in [0.05, 0.1) is 19.1 Å². The second-order valence-corrected chi connectivity index (χ2v) is 5.63. The molecule has 1 fully saturated rings. The molecule has 2 heterocycles. The number of ether oxygens (including phenoxy) is 1. The number of rotatable bonds is 5. The van der Waals surface area contributed by atoms with Gasteiger partial charge in [-0.25, -0.2) is 0 Å². The Morgan fingerprint density at radius 1 is 1.67 bits per heavy atom. The Balaban J connectivity index is 2.14. The minimum Gasteiger partial charge on any atom is -0.481 e. The van der Waals surface area contributed by atoms with Crippen molar-refractivity contribution < 1.29 is 14.6 Å². The van der Waals surface area contributed by atoms with Crippen molar-refractivity contribution in [1.82, 2.24) is 4.90 Å². The van der Waals surface area contributed by atoms with Crippen LogP contribution in [0.5, 0.6) is 0 Å². The lowest BCUT2D eigenvalue weighted by molar-refractivity contribution is -0.143. The van der Waals surface area contributed by atoms with Crippen LogP contribution in [0.3, 0.4) is 0 Å². The largest absolute Gasteiger partial charge is 0.481 e. The molecule has 0 bridgehead atoms. The van der Waals surface area contributed by atoms with Gasteiger partial charge in [-0.1, -0.05) is 13.0 Å². The summed E-state index contributed by atoms with van der Waals surface area (Å²) in [4.78, 5) is 14.7. The zero-order valence-corrected chi connectivity index (χ0v) is 11.5. The van der Waals surface area contributed by atoms with Gasteiger partial charge in [0.1, 0.15) is 0 Å². The second-order valence-electron chi connectivity index (χ2n) is 4.65. The quantitative estimate of drug-likeness (QED) is 0.890. The van der Waals surface area contributed by atoms with Crippen LogP contribution < -0.4 is 0 Å². The predicted octanol–water partition coefficient (Wildman–Crippen LogP) is 2.23. The van der Waals surface area contributed by atoms with E-state index in [9.17, 15) is 9.90 Å². The molecule has 3 atom stereocenters. The lowest BCUT2D eigenvalue weighted by Gasteiger charge is -2.33. The summed E-state index contributed by atoms with van der Waals surface area (Å²) >= 11 is 1.72. The van der Waals surface area contributed by atoms with Crippen molar-refractivity contribution in [1.29, 1.82) is 0 Å². The summed E-state index contributed by atoms with van der Waals surface area (Å²) < 4.78 is 5.35. The van der Waals surface area contributed by atoms with Gasteiger partial charge < -0.3 is 9.84 Å². The Morgan fingerprint density at radius 2 is 2.44 bits per heavy atom. The maximum Gasteiger partial charge on any atom is 0.310 e. The lowest BCUT2D eigenvalue weighted by atomic mass is 10.00. The molecule has 2 rings (SSSR count). The van der Waals surface area contributed by atoms with E-state index in [1.165, 1.54) is 4.88 Å². The van der Waals surface area contributed by atoms with E-state index >= 15 is 0 Å². The molecule has 0 radical (unpaired) electrons. The normalized spacial score (nSPS) is 25.5. The van der Waals surface area contributed by atoms with E-state index in [4.69, 9.17) is 4.74 Å². The van der Waals surface area contributed by atoms with Crippen molar-refractivity contribution in [2.45, 2.75) is 25.4 Å². The molecule has 3 unspecified atom stereocenters. The highest BCUT2D eigenvalue weighted by Crippen LogP contribution is 2.32. The number of hydrogen-bond acceptors (Lipinski definition) is 4. The predicted molar refractivity (Wildman–Crippen MR) is 70.8 cm³/mol. The zero-order valence-electron chi connectivity index (χ0n) is 10.7. The molecule has 0 amide bonds. The van der Waals surface area contributed by atoms with Gasteiger partial charge in [0.2, 0.25) is 0 Å². The van der Waals surface area contributed by atoms with Crippen molar-refractivity contribution in [3.05, 3.63) is 22.4 Å². The van der Waals surface area contributed by atoms with Crippen LogP contribution in [0.4, 0.5) is 0 Å². The van der Waals surface area contributed by atoms with Crippen molar-refractivity contribution in [2.75, 3.05) is 20.3 Å². The number of carboxylic acid groups (broad SMARTS) is 1. The van der Waals surface area contributed by atoms with Gasteiger partial charge in [-0.05, 0) is 24.9 Å². The molecule has 1 N–H and O–H groups in total. The van der Waals surface area contributed by atoms with Crippen molar-refractivity contribution >= 4 is 17.3 Å². The van der Waals surface area contributed by atoms with E-state index in [1.54, 1.807) is 11.3 Å². The molecule has 1 saturated heterocycles. The van der Waals surface area contributed by atoms with E-state index in [0.717, 1.165) is 6.42 Å². The highest BCUT2D eigenvalue weighted by molar-refractivity contribution is 7.10. The molecule has 0 spiro atoms. The maximum atomic E-state index is 11.2. The SMILES string of the molecule is CCC(c1cccs1)N(C)C1COCC1C(=O)O. The third-order valence-electron chi connectivity index (χ3n) is 3.64. The molecule has 0 aliphatic carbocycles. The molecular weight excluding hydrogens is 250 g/mol. The van der Waals surface area contributed by atoms with E-state index in [2.05, 4.69) is 23.3 Å². The Morgan fingerprint density at radius 3 is 3.00 bits per heavy atom. The molecule has 1 aliphatic heterocycles. The van der Waals surface area contributed by atoms with Crippen LogP contribution in [-0.2, 0) is 9.53 Å². The summed E-state index contributed by atoms with van der Waals surface area (Å²) in [6.45, 7) is 2.97. The molecule has 1 aromatic heterocycles. The molecule has 5 heteroatoms. The summed E-state index contributed by atoms with van der Waals surface area (Å²) in [7, 11) is 2.00. The van der Waals surface area contributed by atoms with Gasteiger partial charge in [0, 0.05) is 17.0 Å². The minimum atomic E-state index is -0.759. The van der Waals surface area contributed by atoms with Crippen molar-refractivity contribution in [2.24, 2.45) is 5.92 Å². The number of thiophene rings is 1. The fourth-order valence-corrected chi connectivity index (χ4v) is 3.54. The Kier molecular flexibility index (Phi) is 4.37. The third kappa shape index (κ3) is 2.58. The standard InChI is InChI=1S/C13H19NO3S/c1-3-10(12-5-4-6-18-12)14(2)11-8-17-7-9(11)13(15)16/h4-6,9-11H,3,7-8H2,1-2H3,(H,15,16). The zero-order chi connectivity index (χ0) is 13.1. The summed E-state index contributed by atoms with van der Waals surface area (Å²) in [6, 6.07) is 4.39. The van der Waals surface area contributed by atoms with Crippen LogP contribution in [0.15, 0.2) is 17.5 Å². The maximum absolute atomic E-state index is 11.2. The molecule has 0 saturated carbocycles. The van der Waals surface area contributed by atoms with Gasteiger partial charge in [0.15, 0.2) is 0 Å². The second kappa shape index (κ2) is 5.82. The first-order valence-corrected chi connectivity index (χ1v) is 7.09. The number of nitrogens with zero attached hydrogens (tertiary/aromatic N) is 1. The molecule has 100 valence electrons. The van der Waals surface area contributed by atoms with Gasteiger partial charge in [-0.15, -0.1) is 11.3 Å². The Labute approximate surface area is 111 Å².